The average molecular weight is 182 g/mol. The Morgan fingerprint density at radius 2 is 2.31 bits per heavy atom. The second kappa shape index (κ2) is 3.70. The van der Waals surface area contributed by atoms with E-state index in [0.29, 0.717) is 5.92 Å². The Kier molecular flexibility index (Phi) is 2.58. The monoisotopic (exact) mass is 182 g/mol. The highest BCUT2D eigenvalue weighted by atomic mass is 16.5. The number of ether oxygens (including phenoxy) is 1. The van der Waals surface area contributed by atoms with Gasteiger partial charge in [0, 0.05) is 0 Å². The maximum Gasteiger partial charge on any atom is 0.121 e. The van der Waals surface area contributed by atoms with Gasteiger partial charge in [0.25, 0.3) is 0 Å². The molecule has 0 aromatic rings. The third-order valence-electron chi connectivity index (χ3n) is 3.12. The lowest BCUT2D eigenvalue weighted by Gasteiger charge is -2.24. The Labute approximate surface area is 79.6 Å². The molecule has 2 rings (SSSR count). The summed E-state index contributed by atoms with van der Waals surface area (Å²) in [6.45, 7) is 2.90. The summed E-state index contributed by atoms with van der Waals surface area (Å²) >= 11 is 0. The lowest BCUT2D eigenvalue weighted by Crippen LogP contribution is -2.24. The molecule has 2 aliphatic rings. The minimum Gasteiger partial charge on any atom is -0.495 e. The fourth-order valence-electron chi connectivity index (χ4n) is 1.92. The van der Waals surface area contributed by atoms with Crippen LogP contribution in [0.25, 0.3) is 0 Å². The SMILES string of the molecule is CC(C1CC1)C(O)C1=CCCCO1. The van der Waals surface area contributed by atoms with Crippen molar-refractivity contribution >= 4 is 0 Å². The molecule has 0 aromatic heterocycles. The molecule has 0 radical (unpaired) electrons. The van der Waals surface area contributed by atoms with Crippen molar-refractivity contribution in [2.24, 2.45) is 11.8 Å². The molecule has 2 nitrogen and oxygen atoms in total. The van der Waals surface area contributed by atoms with Crippen molar-refractivity contribution in [1.82, 2.24) is 0 Å². The predicted molar refractivity (Wildman–Crippen MR) is 51.2 cm³/mol. The van der Waals surface area contributed by atoms with Gasteiger partial charge < -0.3 is 9.84 Å². The molecule has 1 aliphatic carbocycles. The highest BCUT2D eigenvalue weighted by Crippen LogP contribution is 2.40. The van der Waals surface area contributed by atoms with Crippen LogP contribution in [-0.2, 0) is 4.74 Å². The van der Waals surface area contributed by atoms with Crippen LogP contribution in [0.3, 0.4) is 0 Å². The van der Waals surface area contributed by atoms with Gasteiger partial charge in [0.15, 0.2) is 0 Å². The van der Waals surface area contributed by atoms with Crippen molar-refractivity contribution in [2.45, 2.75) is 38.7 Å². The molecule has 0 spiro atoms. The third-order valence-corrected chi connectivity index (χ3v) is 3.12. The molecule has 1 saturated carbocycles. The normalized spacial score (nSPS) is 27.4. The molecule has 0 aromatic carbocycles. The van der Waals surface area contributed by atoms with Crippen LogP contribution in [0, 0.1) is 11.8 Å². The number of aliphatic hydroxyl groups is 1. The number of rotatable bonds is 3. The van der Waals surface area contributed by atoms with Crippen LogP contribution >= 0.6 is 0 Å². The van der Waals surface area contributed by atoms with Crippen LogP contribution in [0.5, 0.6) is 0 Å². The van der Waals surface area contributed by atoms with Crippen molar-refractivity contribution < 1.29 is 9.84 Å². The Morgan fingerprint density at radius 3 is 2.85 bits per heavy atom. The van der Waals surface area contributed by atoms with Crippen molar-refractivity contribution in [1.29, 1.82) is 0 Å². The first-order valence-corrected chi connectivity index (χ1v) is 5.30. The molecule has 2 heteroatoms. The standard InChI is InChI=1S/C11H18O2/c1-8(9-5-6-9)11(12)10-4-2-3-7-13-10/h4,8-9,11-12H,2-3,5-7H2,1H3. The minimum atomic E-state index is -0.354. The van der Waals surface area contributed by atoms with Gasteiger partial charge in [-0.15, -0.1) is 0 Å². The fourth-order valence-corrected chi connectivity index (χ4v) is 1.92. The van der Waals surface area contributed by atoms with E-state index in [-0.39, 0.29) is 6.10 Å². The van der Waals surface area contributed by atoms with Crippen molar-refractivity contribution in [3.63, 3.8) is 0 Å². The van der Waals surface area contributed by atoms with Gasteiger partial charge in [-0.1, -0.05) is 6.92 Å². The Morgan fingerprint density at radius 1 is 1.54 bits per heavy atom. The van der Waals surface area contributed by atoms with E-state index in [1.54, 1.807) is 0 Å². The smallest absolute Gasteiger partial charge is 0.121 e. The molecule has 1 N–H and O–H groups in total. The molecule has 1 fully saturated rings. The number of aliphatic hydroxyl groups excluding tert-OH is 1. The van der Waals surface area contributed by atoms with Crippen LogP contribution in [0.1, 0.15) is 32.6 Å². The zero-order valence-electron chi connectivity index (χ0n) is 8.20. The van der Waals surface area contributed by atoms with E-state index in [1.165, 1.54) is 12.8 Å². The van der Waals surface area contributed by atoms with E-state index in [1.807, 2.05) is 6.08 Å². The van der Waals surface area contributed by atoms with Gasteiger partial charge >= 0.3 is 0 Å². The fraction of sp³-hybridized carbons (Fsp3) is 0.818. The van der Waals surface area contributed by atoms with Gasteiger partial charge in [0.1, 0.15) is 11.9 Å². The summed E-state index contributed by atoms with van der Waals surface area (Å²) in [7, 11) is 0. The number of hydrogen-bond donors (Lipinski definition) is 1. The molecular weight excluding hydrogens is 164 g/mol. The maximum atomic E-state index is 9.96. The van der Waals surface area contributed by atoms with E-state index in [9.17, 15) is 5.11 Å². The zero-order chi connectivity index (χ0) is 9.26. The number of hydrogen-bond acceptors (Lipinski definition) is 2. The second-order valence-corrected chi connectivity index (χ2v) is 4.24. The van der Waals surface area contributed by atoms with E-state index >= 15 is 0 Å². The zero-order valence-corrected chi connectivity index (χ0v) is 8.20. The van der Waals surface area contributed by atoms with Crippen molar-refractivity contribution in [3.8, 4) is 0 Å². The van der Waals surface area contributed by atoms with E-state index in [4.69, 9.17) is 4.74 Å². The van der Waals surface area contributed by atoms with Gasteiger partial charge in [0.2, 0.25) is 0 Å². The topological polar surface area (TPSA) is 29.5 Å². The van der Waals surface area contributed by atoms with E-state index in [2.05, 4.69) is 6.92 Å². The van der Waals surface area contributed by atoms with E-state index in [0.717, 1.165) is 31.1 Å². The van der Waals surface area contributed by atoms with Gasteiger partial charge in [-0.25, -0.2) is 0 Å². The quantitative estimate of drug-likeness (QED) is 0.724. The average Bonchev–Trinajstić information content (AvgIpc) is 3.00. The summed E-state index contributed by atoms with van der Waals surface area (Å²) in [5, 5.41) is 9.96. The van der Waals surface area contributed by atoms with Crippen LogP contribution in [-0.4, -0.2) is 17.8 Å². The first kappa shape index (κ1) is 9.07. The van der Waals surface area contributed by atoms with Gasteiger partial charge in [-0.05, 0) is 43.6 Å². The van der Waals surface area contributed by atoms with E-state index < -0.39 is 0 Å². The van der Waals surface area contributed by atoms with Gasteiger partial charge in [0.05, 0.1) is 6.61 Å². The lowest BCUT2D eigenvalue weighted by molar-refractivity contribution is 0.0537. The third kappa shape index (κ3) is 2.05. The molecule has 74 valence electrons. The number of allylic oxidation sites excluding steroid dienone is 1. The molecule has 0 bridgehead atoms. The summed E-state index contributed by atoms with van der Waals surface area (Å²) < 4.78 is 5.45. The molecular formula is C11H18O2. The first-order valence-electron chi connectivity index (χ1n) is 5.30. The highest BCUT2D eigenvalue weighted by Gasteiger charge is 2.34. The van der Waals surface area contributed by atoms with Gasteiger partial charge in [-0.3, -0.25) is 0 Å². The Hall–Kier alpha value is -0.500. The minimum absolute atomic E-state index is 0.354. The summed E-state index contributed by atoms with van der Waals surface area (Å²) in [5.74, 6) is 1.94. The largest absolute Gasteiger partial charge is 0.495 e. The Balaban J connectivity index is 1.93. The van der Waals surface area contributed by atoms with Crippen LogP contribution in [0.4, 0.5) is 0 Å². The van der Waals surface area contributed by atoms with Crippen LogP contribution in [0.2, 0.25) is 0 Å². The summed E-state index contributed by atoms with van der Waals surface area (Å²) in [5.41, 5.74) is 0. The predicted octanol–water partition coefficient (Wildman–Crippen LogP) is 2.09. The molecule has 2 unspecified atom stereocenters. The summed E-state index contributed by atoms with van der Waals surface area (Å²) in [4.78, 5) is 0. The Bertz CT molecular complexity index is 206. The molecule has 13 heavy (non-hydrogen) atoms. The first-order chi connectivity index (χ1) is 6.29. The van der Waals surface area contributed by atoms with Crippen molar-refractivity contribution in [2.75, 3.05) is 6.61 Å². The van der Waals surface area contributed by atoms with Gasteiger partial charge in [-0.2, -0.15) is 0 Å². The maximum absolute atomic E-state index is 9.96. The summed E-state index contributed by atoms with van der Waals surface area (Å²) in [6, 6.07) is 0. The van der Waals surface area contributed by atoms with Crippen LogP contribution < -0.4 is 0 Å². The molecule has 1 aliphatic heterocycles. The second-order valence-electron chi connectivity index (χ2n) is 4.24. The molecule has 2 atom stereocenters. The highest BCUT2D eigenvalue weighted by molar-refractivity contribution is 5.05. The lowest BCUT2D eigenvalue weighted by atomic mass is 9.96. The molecule has 1 heterocycles. The molecule has 0 amide bonds. The van der Waals surface area contributed by atoms with Crippen LogP contribution in [0.15, 0.2) is 11.8 Å². The summed E-state index contributed by atoms with van der Waals surface area (Å²) in [6.07, 6.45) is 6.41. The molecule has 0 saturated heterocycles. The van der Waals surface area contributed by atoms with Crippen molar-refractivity contribution in [3.05, 3.63) is 11.8 Å².